The van der Waals surface area contributed by atoms with Gasteiger partial charge in [-0.1, -0.05) is 19.3 Å². The number of hydrogen-bond donors (Lipinski definition) is 0. The van der Waals surface area contributed by atoms with Crippen molar-refractivity contribution < 1.29 is 35.9 Å². The van der Waals surface area contributed by atoms with E-state index >= 15 is 0 Å². The molecule has 1 saturated carbocycles. The summed E-state index contributed by atoms with van der Waals surface area (Å²) in [6, 6.07) is 2.52. The fourth-order valence-electron chi connectivity index (χ4n) is 4.34. The van der Waals surface area contributed by atoms with E-state index in [4.69, 9.17) is 9.47 Å². The van der Waals surface area contributed by atoms with Crippen LogP contribution in [0.25, 0.3) is 0 Å². The van der Waals surface area contributed by atoms with E-state index < -0.39 is 37.8 Å². The van der Waals surface area contributed by atoms with Crippen molar-refractivity contribution in [3.05, 3.63) is 29.3 Å². The van der Waals surface area contributed by atoms with E-state index in [1.54, 1.807) is 0 Å². The molecule has 1 aromatic rings. The van der Waals surface area contributed by atoms with Crippen molar-refractivity contribution in [2.75, 3.05) is 25.7 Å². The molecule has 1 aliphatic carbocycles. The highest BCUT2D eigenvalue weighted by Crippen LogP contribution is 2.34. The fraction of sp³-hybridized carbons (Fsp3) is 0.600. The summed E-state index contributed by atoms with van der Waals surface area (Å²) in [6.07, 6.45) is 4.19. The number of sulfone groups is 1. The third kappa shape index (κ3) is 5.09. The summed E-state index contributed by atoms with van der Waals surface area (Å²) < 4.78 is 62.5. The minimum absolute atomic E-state index is 0.0635. The van der Waals surface area contributed by atoms with Crippen molar-refractivity contribution in [1.82, 2.24) is 4.31 Å². The van der Waals surface area contributed by atoms with Gasteiger partial charge in [0.2, 0.25) is 10.0 Å². The summed E-state index contributed by atoms with van der Waals surface area (Å²) in [5.41, 5.74) is -0.210. The number of sulfonamides is 1. The molecule has 0 amide bonds. The number of esters is 2. The van der Waals surface area contributed by atoms with Gasteiger partial charge in [0, 0.05) is 12.1 Å². The van der Waals surface area contributed by atoms with Crippen LogP contribution in [0, 0.1) is 0 Å². The van der Waals surface area contributed by atoms with E-state index in [0.717, 1.165) is 45.6 Å². The summed E-state index contributed by atoms with van der Waals surface area (Å²) in [5.74, 6) is -1.89. The van der Waals surface area contributed by atoms with Crippen LogP contribution < -0.4 is 0 Å². The number of benzene rings is 1. The monoisotopic (exact) mass is 473 g/mol. The van der Waals surface area contributed by atoms with Crippen LogP contribution >= 0.6 is 0 Å². The lowest BCUT2D eigenvalue weighted by molar-refractivity contribution is 0.0598. The Kier molecular flexibility index (Phi) is 7.07. The Bertz CT molecular complexity index is 1020. The van der Waals surface area contributed by atoms with Gasteiger partial charge in [0.15, 0.2) is 9.84 Å². The van der Waals surface area contributed by atoms with Crippen LogP contribution in [0.4, 0.5) is 0 Å². The molecule has 3 rings (SSSR count). The van der Waals surface area contributed by atoms with Gasteiger partial charge < -0.3 is 9.47 Å². The van der Waals surface area contributed by atoms with Gasteiger partial charge in [0.1, 0.15) is 0 Å². The van der Waals surface area contributed by atoms with Crippen molar-refractivity contribution in [3.63, 3.8) is 0 Å². The minimum Gasteiger partial charge on any atom is -0.465 e. The summed E-state index contributed by atoms with van der Waals surface area (Å²) in [7, 11) is -5.23. The second-order valence-electron chi connectivity index (χ2n) is 7.91. The lowest BCUT2D eigenvalue weighted by Crippen LogP contribution is -2.48. The van der Waals surface area contributed by atoms with Gasteiger partial charge >= 0.3 is 11.9 Å². The molecule has 0 aromatic heterocycles. The normalized spacial score (nSPS) is 21.7. The molecule has 1 saturated heterocycles. The zero-order chi connectivity index (χ0) is 22.8. The molecular formula is C20H27NO8S2. The number of carbonyl (C=O) groups is 2. The average Bonchev–Trinajstić information content (AvgIpc) is 3.11. The van der Waals surface area contributed by atoms with Gasteiger partial charge in [0.05, 0.1) is 41.7 Å². The topological polar surface area (TPSA) is 124 Å². The quantitative estimate of drug-likeness (QED) is 0.573. The highest BCUT2D eigenvalue weighted by Gasteiger charge is 2.43. The molecule has 0 N–H and O–H groups in total. The van der Waals surface area contributed by atoms with E-state index in [1.807, 2.05) is 0 Å². The largest absolute Gasteiger partial charge is 0.465 e. The van der Waals surface area contributed by atoms with E-state index in [0.29, 0.717) is 12.8 Å². The van der Waals surface area contributed by atoms with Crippen LogP contribution in [0.5, 0.6) is 0 Å². The van der Waals surface area contributed by atoms with Crippen molar-refractivity contribution in [2.45, 2.75) is 55.5 Å². The van der Waals surface area contributed by atoms with Crippen LogP contribution in [0.15, 0.2) is 23.1 Å². The molecule has 2 aliphatic rings. The number of nitrogens with zero attached hydrogens (tertiary/aromatic N) is 1. The Balaban J connectivity index is 2.12. The lowest BCUT2D eigenvalue weighted by Gasteiger charge is -2.37. The van der Waals surface area contributed by atoms with Crippen LogP contribution in [0.2, 0.25) is 0 Å². The summed E-state index contributed by atoms with van der Waals surface area (Å²) in [5, 5.41) is 0. The number of ether oxygens (including phenoxy) is 2. The standard InChI is InChI=1S/C20H27NO8S2/c1-28-19(22)14-10-15(20(23)29-2)12-18(11-14)31(26,27)21(16-6-4-3-5-7-16)17-8-9-30(24,25)13-17/h10-12,16-17H,3-9,13H2,1-2H3/t17-/m0/s1. The van der Waals surface area contributed by atoms with Crippen LogP contribution in [-0.4, -0.2) is 70.9 Å². The Morgan fingerprint density at radius 3 is 1.90 bits per heavy atom. The maximum absolute atomic E-state index is 13.8. The molecule has 0 unspecified atom stereocenters. The summed E-state index contributed by atoms with van der Waals surface area (Å²) in [6.45, 7) is 0. The third-order valence-electron chi connectivity index (χ3n) is 5.83. The van der Waals surface area contributed by atoms with Crippen LogP contribution in [0.3, 0.4) is 0 Å². The van der Waals surface area contributed by atoms with Crippen molar-refractivity contribution in [1.29, 1.82) is 0 Å². The van der Waals surface area contributed by atoms with E-state index in [2.05, 4.69) is 0 Å². The molecule has 1 aliphatic heterocycles. The zero-order valence-corrected chi connectivity index (χ0v) is 19.2. The van der Waals surface area contributed by atoms with E-state index in [-0.39, 0.29) is 40.0 Å². The summed E-state index contributed by atoms with van der Waals surface area (Å²) in [4.78, 5) is 24.0. The van der Waals surface area contributed by atoms with Gasteiger partial charge in [-0.2, -0.15) is 4.31 Å². The Labute approximate surface area is 182 Å². The number of hydrogen-bond acceptors (Lipinski definition) is 8. The van der Waals surface area contributed by atoms with Gasteiger partial charge in [-0.15, -0.1) is 0 Å². The first-order chi connectivity index (χ1) is 14.6. The maximum Gasteiger partial charge on any atom is 0.337 e. The molecule has 172 valence electrons. The predicted molar refractivity (Wildman–Crippen MR) is 112 cm³/mol. The smallest absolute Gasteiger partial charge is 0.337 e. The average molecular weight is 474 g/mol. The van der Waals surface area contributed by atoms with Crippen molar-refractivity contribution in [2.24, 2.45) is 0 Å². The minimum atomic E-state index is -4.21. The van der Waals surface area contributed by atoms with Crippen LogP contribution in [-0.2, 0) is 29.3 Å². The number of rotatable bonds is 6. The lowest BCUT2D eigenvalue weighted by atomic mass is 9.95. The molecule has 31 heavy (non-hydrogen) atoms. The predicted octanol–water partition coefficient (Wildman–Crippen LogP) is 1.77. The SMILES string of the molecule is COC(=O)c1cc(C(=O)OC)cc(S(=O)(=O)N(C2CCCCC2)[C@H]2CCS(=O)(=O)C2)c1. The van der Waals surface area contributed by atoms with Gasteiger partial charge in [-0.3, -0.25) is 0 Å². The highest BCUT2D eigenvalue weighted by molar-refractivity contribution is 7.92. The Hall–Kier alpha value is -1.98. The molecule has 0 radical (unpaired) electrons. The highest BCUT2D eigenvalue weighted by atomic mass is 32.2. The molecule has 1 atom stereocenters. The zero-order valence-electron chi connectivity index (χ0n) is 17.6. The molecular weight excluding hydrogens is 446 g/mol. The maximum atomic E-state index is 13.8. The van der Waals surface area contributed by atoms with Gasteiger partial charge in [0.25, 0.3) is 0 Å². The molecule has 1 aromatic carbocycles. The molecule has 2 fully saturated rings. The molecule has 11 heteroatoms. The number of methoxy groups -OCH3 is 2. The van der Waals surface area contributed by atoms with Crippen molar-refractivity contribution in [3.8, 4) is 0 Å². The van der Waals surface area contributed by atoms with Crippen LogP contribution in [0.1, 0.15) is 59.2 Å². The van der Waals surface area contributed by atoms with Gasteiger partial charge in [-0.25, -0.2) is 26.4 Å². The second kappa shape index (κ2) is 9.25. The Morgan fingerprint density at radius 1 is 0.903 bits per heavy atom. The molecule has 0 spiro atoms. The van der Waals surface area contributed by atoms with Crippen molar-refractivity contribution >= 4 is 31.8 Å². The fourth-order valence-corrected chi connectivity index (χ4v) is 8.12. The number of carbonyl (C=O) groups excluding carboxylic acids is 2. The first-order valence-corrected chi connectivity index (χ1v) is 13.4. The molecule has 9 nitrogen and oxygen atoms in total. The third-order valence-corrected chi connectivity index (χ3v) is 9.56. The van der Waals surface area contributed by atoms with E-state index in [1.165, 1.54) is 10.4 Å². The van der Waals surface area contributed by atoms with Gasteiger partial charge in [-0.05, 0) is 37.5 Å². The summed E-state index contributed by atoms with van der Waals surface area (Å²) >= 11 is 0. The molecule has 0 bridgehead atoms. The first kappa shape index (κ1) is 23.7. The second-order valence-corrected chi connectivity index (χ2v) is 12.0. The Morgan fingerprint density at radius 2 is 1.45 bits per heavy atom. The first-order valence-electron chi connectivity index (χ1n) is 10.1. The van der Waals surface area contributed by atoms with E-state index in [9.17, 15) is 26.4 Å². The molecule has 1 heterocycles.